The predicted molar refractivity (Wildman–Crippen MR) is 52.2 cm³/mol. The summed E-state index contributed by atoms with van der Waals surface area (Å²) in [5.74, 6) is -2.13. The van der Waals surface area contributed by atoms with Crippen LogP contribution in [0.1, 0.15) is 5.56 Å². The molecule has 5 heteroatoms. The quantitative estimate of drug-likeness (QED) is 0.541. The Bertz CT molecular complexity index is 470. The third kappa shape index (κ3) is 1.43. The highest BCUT2D eigenvalue weighted by molar-refractivity contribution is 6.54. The number of carbonyl (C=O) groups is 2. The van der Waals surface area contributed by atoms with Crippen LogP contribution in [0.3, 0.4) is 0 Å². The maximum atomic E-state index is 12.9. The van der Waals surface area contributed by atoms with Crippen molar-refractivity contribution < 1.29 is 14.1 Å². The molecule has 2 rings (SSSR count). The fraction of sp³-hybridized carbons (Fsp3) is 0. The second-order valence-electron chi connectivity index (χ2n) is 2.95. The molecular formula is C10H5ClFNO2. The highest BCUT2D eigenvalue weighted by Crippen LogP contribution is 2.31. The molecule has 1 aliphatic heterocycles. The Hall–Kier alpha value is -1.68. The molecule has 3 nitrogen and oxygen atoms in total. The molecule has 0 aromatic heterocycles. The third-order valence-electron chi connectivity index (χ3n) is 2.04. The lowest BCUT2D eigenvalue weighted by Crippen LogP contribution is -2.21. The van der Waals surface area contributed by atoms with Gasteiger partial charge in [-0.3, -0.25) is 9.59 Å². The Labute approximate surface area is 89.7 Å². The summed E-state index contributed by atoms with van der Waals surface area (Å²) in [6.45, 7) is 0. The average molecular weight is 226 g/mol. The molecule has 0 saturated carbocycles. The highest BCUT2D eigenvalue weighted by atomic mass is 35.5. The lowest BCUT2D eigenvalue weighted by molar-refractivity contribution is -0.152. The zero-order valence-electron chi connectivity index (χ0n) is 7.41. The molecule has 0 bridgehead atoms. The number of hydrogen-bond donors (Lipinski definition) is 0. The molecule has 76 valence electrons. The third-order valence-corrected chi connectivity index (χ3v) is 2.39. The van der Waals surface area contributed by atoms with Crippen LogP contribution in [0.2, 0.25) is 0 Å². The molecule has 1 heterocycles. The average Bonchev–Trinajstić information content (AvgIpc) is 2.45. The number of rotatable bonds is 1. The van der Waals surface area contributed by atoms with Crippen molar-refractivity contribution in [3.63, 3.8) is 0 Å². The minimum Gasteiger partial charge on any atom is -0.266 e. The van der Waals surface area contributed by atoms with E-state index in [1.165, 1.54) is 0 Å². The van der Waals surface area contributed by atoms with E-state index in [2.05, 4.69) is 0 Å². The van der Waals surface area contributed by atoms with Gasteiger partial charge in [0, 0.05) is 0 Å². The lowest BCUT2D eigenvalue weighted by Gasteiger charge is -2.01. The maximum Gasteiger partial charge on any atom is 0.301 e. The second kappa shape index (κ2) is 3.47. The molecule has 1 aromatic carbocycles. The molecular weight excluding hydrogens is 221 g/mol. The zero-order valence-corrected chi connectivity index (χ0v) is 8.16. The van der Waals surface area contributed by atoms with Gasteiger partial charge in [-0.25, -0.2) is 0 Å². The van der Waals surface area contributed by atoms with E-state index in [1.54, 1.807) is 30.3 Å². The molecule has 15 heavy (non-hydrogen) atoms. The van der Waals surface area contributed by atoms with Crippen molar-refractivity contribution in [3.05, 3.63) is 40.9 Å². The van der Waals surface area contributed by atoms with Crippen LogP contribution < -0.4 is 0 Å². The van der Waals surface area contributed by atoms with Gasteiger partial charge in [-0.15, -0.1) is 0 Å². The van der Waals surface area contributed by atoms with Crippen LogP contribution in [0.15, 0.2) is 35.4 Å². The van der Waals surface area contributed by atoms with Crippen LogP contribution >= 0.6 is 11.6 Å². The molecule has 0 atom stereocenters. The Morgan fingerprint density at radius 1 is 1.07 bits per heavy atom. The number of imide groups is 1. The van der Waals surface area contributed by atoms with Crippen LogP contribution in [-0.4, -0.2) is 16.9 Å². The van der Waals surface area contributed by atoms with E-state index in [-0.39, 0.29) is 10.6 Å². The van der Waals surface area contributed by atoms with Crippen LogP contribution in [-0.2, 0) is 9.59 Å². The summed E-state index contributed by atoms with van der Waals surface area (Å²) in [7, 11) is 0. The van der Waals surface area contributed by atoms with Crippen molar-refractivity contribution >= 4 is 29.0 Å². The van der Waals surface area contributed by atoms with Crippen LogP contribution in [0.4, 0.5) is 4.48 Å². The Morgan fingerprint density at radius 2 is 1.67 bits per heavy atom. The predicted octanol–water partition coefficient (Wildman–Crippen LogP) is 1.89. The van der Waals surface area contributed by atoms with Gasteiger partial charge < -0.3 is 0 Å². The monoisotopic (exact) mass is 225 g/mol. The Morgan fingerprint density at radius 3 is 2.13 bits per heavy atom. The summed E-state index contributed by atoms with van der Waals surface area (Å²) >= 11 is 5.58. The van der Waals surface area contributed by atoms with Gasteiger partial charge in [-0.05, 0) is 5.56 Å². The van der Waals surface area contributed by atoms with E-state index in [1.807, 2.05) is 0 Å². The number of carbonyl (C=O) groups excluding carboxylic acids is 2. The Kier molecular flexibility index (Phi) is 2.28. The van der Waals surface area contributed by atoms with Gasteiger partial charge in [0.05, 0.1) is 5.57 Å². The molecule has 1 aliphatic rings. The normalized spacial score (nSPS) is 16.5. The van der Waals surface area contributed by atoms with E-state index in [9.17, 15) is 14.1 Å². The molecule has 0 aliphatic carbocycles. The van der Waals surface area contributed by atoms with E-state index in [4.69, 9.17) is 11.6 Å². The zero-order chi connectivity index (χ0) is 11.0. The fourth-order valence-corrected chi connectivity index (χ4v) is 1.60. The van der Waals surface area contributed by atoms with Crippen molar-refractivity contribution in [2.75, 3.05) is 0 Å². The molecule has 2 amide bonds. The summed E-state index contributed by atoms with van der Waals surface area (Å²) < 4.78 is 12.9. The van der Waals surface area contributed by atoms with Crippen molar-refractivity contribution in [2.24, 2.45) is 0 Å². The van der Waals surface area contributed by atoms with E-state index >= 15 is 0 Å². The van der Waals surface area contributed by atoms with Crippen molar-refractivity contribution in [3.8, 4) is 0 Å². The first-order valence-electron chi connectivity index (χ1n) is 4.12. The van der Waals surface area contributed by atoms with Gasteiger partial charge in [0.1, 0.15) is 5.03 Å². The molecule has 0 unspecified atom stereocenters. The van der Waals surface area contributed by atoms with Gasteiger partial charge in [-0.2, -0.15) is 0 Å². The van der Waals surface area contributed by atoms with Crippen LogP contribution in [0.5, 0.6) is 0 Å². The minimum atomic E-state index is -1.11. The Balaban J connectivity index is 2.55. The number of benzene rings is 1. The van der Waals surface area contributed by atoms with Crippen LogP contribution in [0.25, 0.3) is 5.57 Å². The number of hydrogen-bond acceptors (Lipinski definition) is 2. The van der Waals surface area contributed by atoms with Crippen molar-refractivity contribution in [1.29, 1.82) is 0 Å². The molecule has 0 saturated heterocycles. The highest BCUT2D eigenvalue weighted by Gasteiger charge is 2.38. The summed E-state index contributed by atoms with van der Waals surface area (Å²) in [4.78, 5) is 22.4. The molecule has 1 aromatic rings. The number of amides is 2. The van der Waals surface area contributed by atoms with Crippen LogP contribution in [0, 0.1) is 0 Å². The minimum absolute atomic E-state index is 0.0928. The molecule has 0 spiro atoms. The summed E-state index contributed by atoms with van der Waals surface area (Å²) in [6, 6.07) is 8.26. The largest absolute Gasteiger partial charge is 0.301 e. The lowest BCUT2D eigenvalue weighted by atomic mass is 10.1. The topological polar surface area (TPSA) is 37.4 Å². The molecule has 0 N–H and O–H groups in total. The first kappa shape index (κ1) is 9.86. The van der Waals surface area contributed by atoms with Crippen molar-refractivity contribution in [2.45, 2.75) is 0 Å². The molecule has 0 fully saturated rings. The SMILES string of the molecule is O=C1C(Cl)=C(c2ccccc2)C(=O)N1F. The van der Waals surface area contributed by atoms with Gasteiger partial charge >= 0.3 is 5.91 Å². The van der Waals surface area contributed by atoms with Gasteiger partial charge in [0.25, 0.3) is 5.91 Å². The van der Waals surface area contributed by atoms with Gasteiger partial charge in [0.15, 0.2) is 0 Å². The van der Waals surface area contributed by atoms with Gasteiger partial charge in [-0.1, -0.05) is 51.5 Å². The number of nitrogens with zero attached hydrogens (tertiary/aromatic N) is 1. The number of halogens is 2. The van der Waals surface area contributed by atoms with Gasteiger partial charge in [0.2, 0.25) is 0 Å². The smallest absolute Gasteiger partial charge is 0.266 e. The summed E-state index contributed by atoms with van der Waals surface area (Å²) in [6.07, 6.45) is 0. The summed E-state index contributed by atoms with van der Waals surface area (Å²) in [5, 5.41) is -0.862. The fourth-order valence-electron chi connectivity index (χ4n) is 1.33. The maximum absolute atomic E-state index is 12.9. The summed E-state index contributed by atoms with van der Waals surface area (Å²) in [5.41, 5.74) is 0.339. The first-order chi connectivity index (χ1) is 7.13. The second-order valence-corrected chi connectivity index (χ2v) is 3.32. The van der Waals surface area contributed by atoms with E-state index in [0.29, 0.717) is 5.56 Å². The molecule has 0 radical (unpaired) electrons. The first-order valence-corrected chi connectivity index (χ1v) is 4.50. The van der Waals surface area contributed by atoms with E-state index < -0.39 is 16.9 Å². The van der Waals surface area contributed by atoms with Crippen molar-refractivity contribution in [1.82, 2.24) is 5.12 Å². The standard InChI is InChI=1S/C10H5ClFNO2/c11-8-7(6-4-2-1-3-5-6)9(14)13(12)10(8)15/h1-5H. The van der Waals surface area contributed by atoms with E-state index in [0.717, 1.165) is 0 Å².